The van der Waals surface area contributed by atoms with Crippen molar-refractivity contribution >= 4 is 11.6 Å². The Morgan fingerprint density at radius 1 is 1.33 bits per heavy atom. The fourth-order valence-corrected chi connectivity index (χ4v) is 1.62. The Hall–Kier alpha value is -1.79. The quantitative estimate of drug-likeness (QED) is 0.726. The van der Waals surface area contributed by atoms with Gasteiger partial charge >= 0.3 is 0 Å². The van der Waals surface area contributed by atoms with E-state index < -0.39 is 5.82 Å². The highest BCUT2D eigenvalue weighted by Crippen LogP contribution is 2.22. The first-order valence-electron chi connectivity index (χ1n) is 4.25. The molecule has 0 aliphatic rings. The number of nitrogens with zero attached hydrogens (tertiary/aromatic N) is 2. The first-order chi connectivity index (χ1) is 7.22. The molecular weight excluding hydrogens is 215 g/mol. The van der Waals surface area contributed by atoms with Crippen molar-refractivity contribution in [2.45, 2.75) is 0 Å². The van der Waals surface area contributed by atoms with Gasteiger partial charge in [-0.25, -0.2) is 4.39 Å². The van der Waals surface area contributed by atoms with E-state index in [2.05, 4.69) is 0 Å². The lowest BCUT2D eigenvalue weighted by molar-refractivity contribution is 0.627. The van der Waals surface area contributed by atoms with Gasteiger partial charge in [-0.15, -0.1) is 0 Å². The molecule has 0 aliphatic carbocycles. The van der Waals surface area contributed by atoms with Crippen LogP contribution in [0.4, 0.5) is 4.39 Å². The van der Waals surface area contributed by atoms with E-state index in [0.717, 1.165) is 0 Å². The summed E-state index contributed by atoms with van der Waals surface area (Å²) in [6, 6.07) is 9.50. The number of benzene rings is 1. The molecule has 0 saturated carbocycles. The van der Waals surface area contributed by atoms with Crippen LogP contribution in [0.5, 0.6) is 0 Å². The molecule has 2 aromatic rings. The molecule has 0 atom stereocenters. The molecule has 2 rings (SSSR count). The van der Waals surface area contributed by atoms with Gasteiger partial charge < -0.3 is 4.57 Å². The van der Waals surface area contributed by atoms with Crippen LogP contribution in [0.15, 0.2) is 36.5 Å². The molecule has 1 aromatic heterocycles. The van der Waals surface area contributed by atoms with Crippen molar-refractivity contribution in [3.05, 3.63) is 53.1 Å². The largest absolute Gasteiger partial charge is 0.307 e. The SMILES string of the molecule is N#Cc1cccn1-c1ccc(F)cc1Cl. The normalized spacial score (nSPS) is 9.93. The van der Waals surface area contributed by atoms with Crippen molar-refractivity contribution < 1.29 is 4.39 Å². The highest BCUT2D eigenvalue weighted by molar-refractivity contribution is 6.32. The zero-order valence-corrected chi connectivity index (χ0v) is 8.37. The van der Waals surface area contributed by atoms with Crippen molar-refractivity contribution in [3.63, 3.8) is 0 Å². The second kappa shape index (κ2) is 3.76. The van der Waals surface area contributed by atoms with Gasteiger partial charge in [0.05, 0.1) is 10.7 Å². The smallest absolute Gasteiger partial charge is 0.124 e. The lowest BCUT2D eigenvalue weighted by Gasteiger charge is -2.06. The minimum atomic E-state index is -0.394. The molecule has 0 unspecified atom stereocenters. The Bertz CT molecular complexity index is 540. The van der Waals surface area contributed by atoms with Crippen molar-refractivity contribution in [1.82, 2.24) is 4.57 Å². The number of rotatable bonds is 1. The maximum Gasteiger partial charge on any atom is 0.124 e. The monoisotopic (exact) mass is 220 g/mol. The molecule has 0 fully saturated rings. The van der Waals surface area contributed by atoms with Crippen molar-refractivity contribution in [1.29, 1.82) is 5.26 Å². The zero-order valence-electron chi connectivity index (χ0n) is 7.61. The van der Waals surface area contributed by atoms with Crippen molar-refractivity contribution in [2.24, 2.45) is 0 Å². The standard InChI is InChI=1S/C11H6ClFN2/c12-10-6-8(13)3-4-11(10)15-5-1-2-9(15)7-14/h1-6H. The third-order valence-corrected chi connectivity index (χ3v) is 2.34. The average molecular weight is 221 g/mol. The Morgan fingerprint density at radius 2 is 2.13 bits per heavy atom. The fourth-order valence-electron chi connectivity index (χ4n) is 1.36. The first kappa shape index (κ1) is 9.75. The van der Waals surface area contributed by atoms with Gasteiger partial charge in [0, 0.05) is 6.20 Å². The van der Waals surface area contributed by atoms with E-state index in [1.807, 2.05) is 6.07 Å². The van der Waals surface area contributed by atoms with Gasteiger partial charge in [-0.3, -0.25) is 0 Å². The van der Waals surface area contributed by atoms with Crippen LogP contribution in [0.1, 0.15) is 5.69 Å². The van der Waals surface area contributed by atoms with Gasteiger partial charge in [-0.05, 0) is 30.3 Å². The van der Waals surface area contributed by atoms with Crippen molar-refractivity contribution in [2.75, 3.05) is 0 Å². The highest BCUT2D eigenvalue weighted by Gasteiger charge is 2.06. The highest BCUT2D eigenvalue weighted by atomic mass is 35.5. The van der Waals surface area contributed by atoms with E-state index in [4.69, 9.17) is 16.9 Å². The maximum atomic E-state index is 12.8. The molecule has 4 heteroatoms. The lowest BCUT2D eigenvalue weighted by Crippen LogP contribution is -1.96. The van der Waals surface area contributed by atoms with Crippen LogP contribution in [-0.4, -0.2) is 4.57 Å². The second-order valence-electron chi connectivity index (χ2n) is 2.97. The molecule has 0 aliphatic heterocycles. The topological polar surface area (TPSA) is 28.7 Å². The molecule has 74 valence electrons. The first-order valence-corrected chi connectivity index (χ1v) is 4.63. The van der Waals surface area contributed by atoms with E-state index >= 15 is 0 Å². The average Bonchev–Trinajstić information content (AvgIpc) is 2.65. The number of nitriles is 1. The Morgan fingerprint density at radius 3 is 2.80 bits per heavy atom. The van der Waals surface area contributed by atoms with Gasteiger partial charge in [0.1, 0.15) is 17.6 Å². The number of hydrogen-bond donors (Lipinski definition) is 0. The Balaban J connectivity index is 2.60. The van der Waals surface area contributed by atoms with Crippen LogP contribution in [0.3, 0.4) is 0 Å². The lowest BCUT2D eigenvalue weighted by atomic mass is 10.3. The molecule has 2 nitrogen and oxygen atoms in total. The summed E-state index contributed by atoms with van der Waals surface area (Å²) in [5, 5.41) is 9.11. The number of halogens is 2. The van der Waals surface area contributed by atoms with Crippen LogP contribution in [0, 0.1) is 17.1 Å². The molecule has 1 aromatic carbocycles. The fraction of sp³-hybridized carbons (Fsp3) is 0. The summed E-state index contributed by atoms with van der Waals surface area (Å²) in [6.45, 7) is 0. The second-order valence-corrected chi connectivity index (χ2v) is 3.38. The van der Waals surface area contributed by atoms with Crippen LogP contribution >= 0.6 is 11.6 Å². The predicted octanol–water partition coefficient (Wildman–Crippen LogP) is 3.14. The molecule has 15 heavy (non-hydrogen) atoms. The van der Waals surface area contributed by atoms with Crippen LogP contribution < -0.4 is 0 Å². The van der Waals surface area contributed by atoms with Crippen LogP contribution in [0.2, 0.25) is 5.02 Å². The van der Waals surface area contributed by atoms with Gasteiger partial charge in [0.15, 0.2) is 0 Å². The molecule has 0 saturated heterocycles. The minimum Gasteiger partial charge on any atom is -0.307 e. The summed E-state index contributed by atoms with van der Waals surface area (Å²) < 4.78 is 14.4. The summed E-state index contributed by atoms with van der Waals surface area (Å²) in [7, 11) is 0. The Labute approximate surface area is 91.1 Å². The van der Waals surface area contributed by atoms with Crippen molar-refractivity contribution in [3.8, 4) is 11.8 Å². The summed E-state index contributed by atoms with van der Waals surface area (Å²) >= 11 is 5.88. The molecular formula is C11H6ClFN2. The van der Waals surface area contributed by atoms with Crippen LogP contribution in [0.25, 0.3) is 5.69 Å². The summed E-state index contributed by atoms with van der Waals surface area (Å²) in [6.07, 6.45) is 1.71. The van der Waals surface area contributed by atoms with Gasteiger partial charge in [-0.2, -0.15) is 5.26 Å². The van der Waals surface area contributed by atoms with E-state index in [9.17, 15) is 4.39 Å². The van der Waals surface area contributed by atoms with E-state index in [1.54, 1.807) is 29.0 Å². The van der Waals surface area contributed by atoms with E-state index in [0.29, 0.717) is 11.4 Å². The molecule has 0 amide bonds. The third-order valence-electron chi connectivity index (χ3n) is 2.03. The third kappa shape index (κ3) is 1.72. The molecule has 0 N–H and O–H groups in total. The summed E-state index contributed by atoms with van der Waals surface area (Å²) in [5.41, 5.74) is 1.06. The van der Waals surface area contributed by atoms with E-state index in [1.165, 1.54) is 12.1 Å². The summed E-state index contributed by atoms with van der Waals surface area (Å²) in [5.74, 6) is -0.394. The maximum absolute atomic E-state index is 12.8. The number of hydrogen-bond acceptors (Lipinski definition) is 1. The molecule has 1 heterocycles. The molecule has 0 radical (unpaired) electrons. The molecule has 0 bridgehead atoms. The Kier molecular flexibility index (Phi) is 2.44. The number of aromatic nitrogens is 1. The predicted molar refractivity (Wildman–Crippen MR) is 55.5 cm³/mol. The molecule has 0 spiro atoms. The van der Waals surface area contributed by atoms with Gasteiger partial charge in [0.2, 0.25) is 0 Å². The zero-order chi connectivity index (χ0) is 10.8. The van der Waals surface area contributed by atoms with Gasteiger partial charge in [-0.1, -0.05) is 11.6 Å². The van der Waals surface area contributed by atoms with E-state index in [-0.39, 0.29) is 5.02 Å². The van der Waals surface area contributed by atoms with Crippen LogP contribution in [-0.2, 0) is 0 Å². The van der Waals surface area contributed by atoms with Gasteiger partial charge in [0.25, 0.3) is 0 Å². The summed E-state index contributed by atoms with van der Waals surface area (Å²) in [4.78, 5) is 0. The minimum absolute atomic E-state index is 0.280.